The number of carbonyl (C=O) groups is 5. The molecule has 0 aromatic heterocycles. The van der Waals surface area contributed by atoms with Crippen LogP contribution in [-0.2, 0) is 40.0 Å². The van der Waals surface area contributed by atoms with Gasteiger partial charge in [-0.15, -0.1) is 0 Å². The third kappa shape index (κ3) is 4.44. The average molecular weight is 497 g/mol. The van der Waals surface area contributed by atoms with E-state index in [1.807, 2.05) is 30.3 Å². The predicted molar refractivity (Wildman–Crippen MR) is 125 cm³/mol. The number of carbonyl (C=O) groups excluding carboxylic acids is 5. The Labute approximate surface area is 208 Å². The van der Waals surface area contributed by atoms with E-state index in [9.17, 15) is 24.0 Å². The number of methoxy groups -OCH3 is 1. The topological polar surface area (TPSA) is 120 Å². The number of ketones is 2. The lowest BCUT2D eigenvalue weighted by atomic mass is 9.77. The number of amides is 3. The van der Waals surface area contributed by atoms with Crippen LogP contribution in [0.1, 0.15) is 32.8 Å². The molecular weight excluding hydrogens is 468 g/mol. The number of piperazine rings is 1. The van der Waals surface area contributed by atoms with E-state index in [1.165, 1.54) is 18.9 Å². The summed E-state index contributed by atoms with van der Waals surface area (Å²) < 4.78 is 16.2. The van der Waals surface area contributed by atoms with Crippen molar-refractivity contribution < 1.29 is 38.2 Å². The molecule has 0 bridgehead atoms. The van der Waals surface area contributed by atoms with E-state index in [1.54, 1.807) is 13.8 Å². The summed E-state index contributed by atoms with van der Waals surface area (Å²) in [5.41, 5.74) is 1.23. The highest BCUT2D eigenvalue weighted by Crippen LogP contribution is 2.39. The quantitative estimate of drug-likeness (QED) is 0.548. The predicted octanol–water partition coefficient (Wildman–Crippen LogP) is 1.93. The smallest absolute Gasteiger partial charge is 0.417 e. The molecule has 1 fully saturated rings. The van der Waals surface area contributed by atoms with Gasteiger partial charge in [-0.05, 0) is 26.3 Å². The zero-order chi connectivity index (χ0) is 26.1. The minimum Gasteiger partial charge on any atom is -0.492 e. The molecule has 1 saturated heterocycles. The Morgan fingerprint density at radius 2 is 1.78 bits per heavy atom. The second-order valence-corrected chi connectivity index (χ2v) is 9.10. The fourth-order valence-electron chi connectivity index (χ4n) is 4.80. The van der Waals surface area contributed by atoms with Gasteiger partial charge in [0.25, 0.3) is 5.91 Å². The van der Waals surface area contributed by atoms with Crippen molar-refractivity contribution in [2.75, 3.05) is 20.3 Å². The van der Waals surface area contributed by atoms with E-state index < -0.39 is 54.2 Å². The van der Waals surface area contributed by atoms with Gasteiger partial charge in [-0.1, -0.05) is 30.3 Å². The molecule has 0 unspecified atom stereocenters. The Hall–Kier alpha value is -3.79. The number of imide groups is 1. The van der Waals surface area contributed by atoms with Gasteiger partial charge in [0.05, 0.1) is 32.5 Å². The van der Waals surface area contributed by atoms with Crippen molar-refractivity contribution in [3.63, 3.8) is 0 Å². The largest absolute Gasteiger partial charge is 0.492 e. The molecule has 190 valence electrons. The second-order valence-electron chi connectivity index (χ2n) is 9.10. The maximum absolute atomic E-state index is 13.4. The van der Waals surface area contributed by atoms with Crippen molar-refractivity contribution in [3.05, 3.63) is 58.4 Å². The number of ether oxygens (including phenoxy) is 3. The highest BCUT2D eigenvalue weighted by Gasteiger charge is 2.53. The number of hydrogen-bond donors (Lipinski definition) is 0. The van der Waals surface area contributed by atoms with E-state index in [0.717, 1.165) is 10.5 Å². The molecule has 1 aliphatic carbocycles. The van der Waals surface area contributed by atoms with Crippen molar-refractivity contribution >= 4 is 29.5 Å². The number of hydrogen-bond acceptors (Lipinski definition) is 8. The molecular formula is C26H28N2O8. The molecule has 3 amide bonds. The van der Waals surface area contributed by atoms with Crippen LogP contribution in [0.15, 0.2) is 52.8 Å². The Morgan fingerprint density at radius 1 is 1.08 bits per heavy atom. The zero-order valence-electron chi connectivity index (χ0n) is 20.6. The van der Waals surface area contributed by atoms with E-state index in [4.69, 9.17) is 14.2 Å². The lowest BCUT2D eigenvalue weighted by Gasteiger charge is -2.47. The maximum Gasteiger partial charge on any atom is 0.417 e. The summed E-state index contributed by atoms with van der Waals surface area (Å²) in [6, 6.07) is 7.16. The number of benzene rings is 1. The number of nitrogens with zero attached hydrogens (tertiary/aromatic N) is 2. The van der Waals surface area contributed by atoms with Gasteiger partial charge in [0.15, 0.2) is 11.5 Å². The maximum atomic E-state index is 13.4. The Morgan fingerprint density at radius 3 is 2.42 bits per heavy atom. The lowest BCUT2D eigenvalue weighted by Crippen LogP contribution is -2.67. The summed E-state index contributed by atoms with van der Waals surface area (Å²) in [6.07, 6.45) is -1.61. The van der Waals surface area contributed by atoms with Crippen LogP contribution in [0.2, 0.25) is 0 Å². The first-order chi connectivity index (χ1) is 17.1. The summed E-state index contributed by atoms with van der Waals surface area (Å²) in [7, 11) is 1.30. The normalized spacial score (nSPS) is 22.2. The first kappa shape index (κ1) is 25.3. The Kier molecular flexibility index (Phi) is 7.07. The first-order valence-corrected chi connectivity index (χ1v) is 11.7. The zero-order valence-corrected chi connectivity index (χ0v) is 20.6. The van der Waals surface area contributed by atoms with E-state index in [0.29, 0.717) is 0 Å². The molecule has 2 aliphatic heterocycles. The number of rotatable bonds is 6. The Bertz CT molecular complexity index is 1180. The molecule has 10 heteroatoms. The third-order valence-corrected chi connectivity index (χ3v) is 6.41. The van der Waals surface area contributed by atoms with E-state index in [2.05, 4.69) is 0 Å². The van der Waals surface area contributed by atoms with Crippen molar-refractivity contribution in [1.82, 2.24) is 9.80 Å². The van der Waals surface area contributed by atoms with Crippen LogP contribution in [0.5, 0.6) is 0 Å². The van der Waals surface area contributed by atoms with Gasteiger partial charge < -0.3 is 19.1 Å². The first-order valence-electron chi connectivity index (χ1n) is 11.7. The SMILES string of the molecule is COC1=C(C)C(=O)C2=C(C1=O)[C@@H](COCc1ccccc1)N1C(=O)CN(C(=O)OC(C)C)C(=O)[C@H]1C2. The lowest BCUT2D eigenvalue weighted by molar-refractivity contribution is -0.158. The van der Waals surface area contributed by atoms with Crippen LogP contribution in [0.4, 0.5) is 4.79 Å². The van der Waals surface area contributed by atoms with Gasteiger partial charge in [-0.2, -0.15) is 0 Å². The van der Waals surface area contributed by atoms with Gasteiger partial charge >= 0.3 is 6.09 Å². The van der Waals surface area contributed by atoms with Crippen molar-refractivity contribution in [2.45, 2.75) is 52.0 Å². The van der Waals surface area contributed by atoms with Crippen LogP contribution in [0.25, 0.3) is 0 Å². The van der Waals surface area contributed by atoms with Gasteiger partial charge in [-0.3, -0.25) is 19.2 Å². The standard InChI is InChI=1S/C26H28N2O8/c1-14(2)36-26(33)27-11-20(29)28-18(25(27)32)10-17-21(23(31)24(34-4)15(3)22(17)30)19(28)13-35-12-16-8-6-5-7-9-16/h5-9,14,18-19H,10-13H2,1-4H3/t18-,19-/m1/s1. The molecule has 10 nitrogen and oxygen atoms in total. The molecule has 4 rings (SSSR count). The number of Topliss-reactive ketones (excluding diaryl/α,β-unsaturated/α-hetero) is 2. The minimum atomic E-state index is -1.15. The summed E-state index contributed by atoms with van der Waals surface area (Å²) in [5.74, 6) is -2.26. The third-order valence-electron chi connectivity index (χ3n) is 6.41. The summed E-state index contributed by atoms with van der Waals surface area (Å²) in [5, 5.41) is 0. The van der Waals surface area contributed by atoms with Gasteiger partial charge in [0.2, 0.25) is 11.7 Å². The van der Waals surface area contributed by atoms with Crippen LogP contribution in [-0.4, -0.2) is 77.7 Å². The summed E-state index contributed by atoms with van der Waals surface area (Å²) >= 11 is 0. The molecule has 2 atom stereocenters. The molecule has 3 aliphatic rings. The molecule has 2 heterocycles. The van der Waals surface area contributed by atoms with Crippen LogP contribution in [0.3, 0.4) is 0 Å². The molecule has 0 radical (unpaired) electrons. The number of allylic oxidation sites excluding steroid dienone is 2. The summed E-state index contributed by atoms with van der Waals surface area (Å²) in [4.78, 5) is 67.8. The van der Waals surface area contributed by atoms with Crippen LogP contribution >= 0.6 is 0 Å². The second kappa shape index (κ2) is 10.1. The van der Waals surface area contributed by atoms with Gasteiger partial charge in [0.1, 0.15) is 12.6 Å². The van der Waals surface area contributed by atoms with E-state index in [-0.39, 0.29) is 42.1 Å². The van der Waals surface area contributed by atoms with Crippen molar-refractivity contribution in [3.8, 4) is 0 Å². The molecule has 0 saturated carbocycles. The van der Waals surface area contributed by atoms with Crippen molar-refractivity contribution in [2.24, 2.45) is 0 Å². The average Bonchev–Trinajstić information content (AvgIpc) is 2.84. The number of fused-ring (bicyclic) bond motifs is 1. The molecule has 0 N–H and O–H groups in total. The highest BCUT2D eigenvalue weighted by molar-refractivity contribution is 6.25. The molecule has 1 aromatic carbocycles. The molecule has 36 heavy (non-hydrogen) atoms. The molecule has 1 aromatic rings. The monoisotopic (exact) mass is 496 g/mol. The molecule has 0 spiro atoms. The fourth-order valence-corrected chi connectivity index (χ4v) is 4.80. The van der Waals surface area contributed by atoms with Crippen molar-refractivity contribution in [1.29, 1.82) is 0 Å². The van der Waals surface area contributed by atoms with E-state index >= 15 is 0 Å². The van der Waals surface area contributed by atoms with Gasteiger partial charge in [0, 0.05) is 23.1 Å². The fraction of sp³-hybridized carbons (Fsp3) is 0.423. The minimum absolute atomic E-state index is 0.0890. The summed E-state index contributed by atoms with van der Waals surface area (Å²) in [6.45, 7) is 4.28. The van der Waals surface area contributed by atoms with Gasteiger partial charge in [-0.25, -0.2) is 9.69 Å². The Balaban J connectivity index is 1.70. The van der Waals surface area contributed by atoms with Crippen LogP contribution < -0.4 is 0 Å². The highest BCUT2D eigenvalue weighted by atomic mass is 16.6. The van der Waals surface area contributed by atoms with Crippen LogP contribution in [0, 0.1) is 0 Å².